The van der Waals surface area contributed by atoms with Crippen molar-refractivity contribution in [2.75, 3.05) is 14.1 Å². The fourth-order valence-electron chi connectivity index (χ4n) is 5.44. The molecule has 2 N–H and O–H groups in total. The molecule has 0 aromatic carbocycles. The summed E-state index contributed by atoms with van der Waals surface area (Å²) in [4.78, 5) is 41.3. The van der Waals surface area contributed by atoms with Crippen molar-refractivity contribution in [2.24, 2.45) is 29.6 Å². The second-order valence-electron chi connectivity index (χ2n) is 11.5. The fraction of sp³-hybridized carbons (Fsp3) is 0.821. The number of carbonyl (C=O) groups is 3. The Morgan fingerprint density at radius 3 is 2.24 bits per heavy atom. The topological polar surface area (TPSA) is 123 Å². The molecule has 2 aliphatic rings. The lowest BCUT2D eigenvalue weighted by Gasteiger charge is -2.43. The predicted molar refractivity (Wildman–Crippen MR) is 138 cm³/mol. The summed E-state index contributed by atoms with van der Waals surface area (Å²) < 4.78 is 17.9. The number of likely N-dealkylation sites (N-methyl/N-ethyl adjacent to an activating group) is 1. The lowest BCUT2D eigenvalue weighted by molar-refractivity contribution is -0.278. The minimum absolute atomic E-state index is 0.104. The molecule has 2 unspecified atom stereocenters. The van der Waals surface area contributed by atoms with Gasteiger partial charge in [-0.1, -0.05) is 33.8 Å². The van der Waals surface area contributed by atoms with Crippen LogP contribution in [0.4, 0.5) is 0 Å². The molecule has 0 aliphatic carbocycles. The average Bonchev–Trinajstić information content (AvgIpc) is 2.82. The Bertz CT molecular complexity index is 827. The first-order valence-corrected chi connectivity index (χ1v) is 13.4. The number of ether oxygens (including phenoxy) is 3. The number of allylic oxidation sites excluding steroid dienone is 1. The first-order valence-electron chi connectivity index (χ1n) is 13.4. The summed E-state index contributed by atoms with van der Waals surface area (Å²) in [6.45, 7) is 12.1. The summed E-state index contributed by atoms with van der Waals surface area (Å²) >= 11 is 0. The molecule has 0 bridgehead atoms. The van der Waals surface area contributed by atoms with Crippen molar-refractivity contribution in [1.82, 2.24) is 4.90 Å². The van der Waals surface area contributed by atoms with E-state index in [0.717, 1.165) is 0 Å². The number of nitrogens with zero attached hydrogens (tertiary/aromatic N) is 1. The largest absolute Gasteiger partial charge is 0.458 e. The number of esters is 1. The minimum atomic E-state index is -1.08. The van der Waals surface area contributed by atoms with Gasteiger partial charge in [0, 0.05) is 23.8 Å². The highest BCUT2D eigenvalue weighted by Gasteiger charge is 2.43. The van der Waals surface area contributed by atoms with Crippen LogP contribution in [0.25, 0.3) is 0 Å². The maximum atomic E-state index is 13.5. The SMILES string of the molecule is CC(O)[C@H]1OC(=O)[C@H](C)C(=O)[C@H](C)[C@@H](OC2O[C@H](C)C[C@H](N(C)C)[C@H]2O)[C@@H](C)C[C@@H](C)C(=O)/C=C/[C@H]1C. The van der Waals surface area contributed by atoms with Crippen LogP contribution in [0.1, 0.15) is 61.3 Å². The van der Waals surface area contributed by atoms with Gasteiger partial charge in [0.2, 0.25) is 0 Å². The van der Waals surface area contributed by atoms with Crippen LogP contribution in [0.2, 0.25) is 0 Å². The second kappa shape index (κ2) is 13.4. The van der Waals surface area contributed by atoms with E-state index in [1.165, 1.54) is 19.9 Å². The molecule has 0 amide bonds. The van der Waals surface area contributed by atoms with Gasteiger partial charge in [-0.15, -0.1) is 0 Å². The summed E-state index contributed by atoms with van der Waals surface area (Å²) in [5.74, 6) is -4.07. The first-order chi connectivity index (χ1) is 17.1. The van der Waals surface area contributed by atoms with Gasteiger partial charge in [-0.25, -0.2) is 0 Å². The highest BCUT2D eigenvalue weighted by molar-refractivity contribution is 6.00. The molecule has 9 nitrogen and oxygen atoms in total. The number of cyclic esters (lactones) is 1. The van der Waals surface area contributed by atoms with E-state index >= 15 is 0 Å². The molecule has 9 heteroatoms. The zero-order valence-corrected chi connectivity index (χ0v) is 23.8. The monoisotopic (exact) mass is 525 g/mol. The summed E-state index contributed by atoms with van der Waals surface area (Å²) in [5, 5.41) is 21.2. The zero-order chi connectivity index (χ0) is 28.2. The highest BCUT2D eigenvalue weighted by Crippen LogP contribution is 2.32. The molecule has 0 radical (unpaired) electrons. The van der Waals surface area contributed by atoms with Crippen LogP contribution in [0, 0.1) is 29.6 Å². The number of aliphatic hydroxyl groups excluding tert-OH is 2. The number of hydrogen-bond acceptors (Lipinski definition) is 9. The Morgan fingerprint density at radius 2 is 1.68 bits per heavy atom. The molecule has 1 fully saturated rings. The van der Waals surface area contributed by atoms with Crippen LogP contribution < -0.4 is 0 Å². The van der Waals surface area contributed by atoms with E-state index in [9.17, 15) is 24.6 Å². The Balaban J connectivity index is 2.42. The molecule has 0 aromatic rings. The molecule has 212 valence electrons. The van der Waals surface area contributed by atoms with Crippen molar-refractivity contribution < 1.29 is 38.8 Å². The Kier molecular flexibility index (Phi) is 11.5. The molecule has 2 aliphatic heterocycles. The maximum absolute atomic E-state index is 13.5. The van der Waals surface area contributed by atoms with Gasteiger partial charge in [0.25, 0.3) is 0 Å². The molecule has 37 heavy (non-hydrogen) atoms. The van der Waals surface area contributed by atoms with E-state index in [-0.39, 0.29) is 35.5 Å². The predicted octanol–water partition coefficient (Wildman–Crippen LogP) is 2.37. The standard InChI is InChI=1S/C28H47NO8/c1-14-10-11-22(31)15(2)12-16(3)25(37-28-24(33)21(29(8)9)13-17(4)35-28)18(5)23(32)19(6)27(34)36-26(14)20(7)30/h10-11,14-21,24-26,28,30,33H,12-13H2,1-9H3/b11-10+/t14-,15-,16+,17-,18+,19-,20?,21+,24-,25+,26+,28?/m1/s1. The van der Waals surface area contributed by atoms with Crippen LogP contribution in [-0.2, 0) is 28.6 Å². The van der Waals surface area contributed by atoms with Crippen molar-refractivity contribution in [1.29, 1.82) is 0 Å². The minimum Gasteiger partial charge on any atom is -0.458 e. The van der Waals surface area contributed by atoms with E-state index in [1.54, 1.807) is 19.9 Å². The van der Waals surface area contributed by atoms with Crippen LogP contribution >= 0.6 is 0 Å². The van der Waals surface area contributed by atoms with Crippen LogP contribution in [0.3, 0.4) is 0 Å². The van der Waals surface area contributed by atoms with Gasteiger partial charge in [0.1, 0.15) is 18.1 Å². The Hall–Kier alpha value is -1.65. The van der Waals surface area contributed by atoms with E-state index in [4.69, 9.17) is 14.2 Å². The summed E-state index contributed by atoms with van der Waals surface area (Å²) in [5.41, 5.74) is 0. The van der Waals surface area contributed by atoms with Gasteiger partial charge in [-0.2, -0.15) is 0 Å². The third-order valence-electron chi connectivity index (χ3n) is 7.87. The van der Waals surface area contributed by atoms with Gasteiger partial charge < -0.3 is 29.3 Å². The lowest BCUT2D eigenvalue weighted by Crippen LogP contribution is -2.56. The lowest BCUT2D eigenvalue weighted by atomic mass is 9.80. The van der Waals surface area contributed by atoms with E-state index in [2.05, 4.69) is 0 Å². The smallest absolute Gasteiger partial charge is 0.316 e. The third-order valence-corrected chi connectivity index (χ3v) is 7.87. The molecule has 2 rings (SSSR count). The van der Waals surface area contributed by atoms with Crippen LogP contribution in [-0.4, -0.2) is 89.6 Å². The number of carbonyl (C=O) groups excluding carboxylic acids is 3. The first kappa shape index (κ1) is 31.6. The van der Waals surface area contributed by atoms with Crippen molar-refractivity contribution >= 4 is 17.5 Å². The highest BCUT2D eigenvalue weighted by atomic mass is 16.7. The van der Waals surface area contributed by atoms with E-state index < -0.39 is 54.4 Å². The number of Topliss-reactive ketones (excluding diaryl/α,β-unsaturated/α-hetero) is 1. The average molecular weight is 526 g/mol. The molecule has 0 spiro atoms. The van der Waals surface area contributed by atoms with E-state index in [1.807, 2.05) is 39.8 Å². The second-order valence-corrected chi connectivity index (χ2v) is 11.5. The van der Waals surface area contributed by atoms with Crippen molar-refractivity contribution in [3.8, 4) is 0 Å². The number of aliphatic hydroxyl groups is 2. The van der Waals surface area contributed by atoms with Gasteiger partial charge in [0.05, 0.1) is 18.3 Å². The third kappa shape index (κ3) is 7.93. The quantitative estimate of drug-likeness (QED) is 0.421. The summed E-state index contributed by atoms with van der Waals surface area (Å²) in [6.07, 6.45) is -0.500. The van der Waals surface area contributed by atoms with Gasteiger partial charge in [-0.3, -0.25) is 14.4 Å². The normalized spacial score (nSPS) is 42.7. The number of rotatable bonds is 4. The number of hydrogen-bond donors (Lipinski definition) is 2. The molecular weight excluding hydrogens is 478 g/mol. The van der Waals surface area contributed by atoms with Gasteiger partial charge in [0.15, 0.2) is 17.9 Å². The van der Waals surface area contributed by atoms with Gasteiger partial charge in [-0.05, 0) is 59.7 Å². The molecule has 12 atom stereocenters. The summed E-state index contributed by atoms with van der Waals surface area (Å²) in [6, 6.07) is -0.187. The molecule has 2 heterocycles. The molecular formula is C28H47NO8. The van der Waals surface area contributed by atoms with Crippen molar-refractivity contribution in [2.45, 2.75) is 104 Å². The zero-order valence-electron chi connectivity index (χ0n) is 23.8. The maximum Gasteiger partial charge on any atom is 0.316 e. The molecule has 1 saturated heterocycles. The van der Waals surface area contributed by atoms with Crippen molar-refractivity contribution in [3.63, 3.8) is 0 Å². The van der Waals surface area contributed by atoms with Gasteiger partial charge >= 0.3 is 5.97 Å². The van der Waals surface area contributed by atoms with Crippen molar-refractivity contribution in [3.05, 3.63) is 12.2 Å². The molecule has 0 saturated carbocycles. The van der Waals surface area contributed by atoms with Crippen LogP contribution in [0.5, 0.6) is 0 Å². The molecule has 0 aromatic heterocycles. The summed E-state index contributed by atoms with van der Waals surface area (Å²) in [7, 11) is 3.77. The Morgan fingerprint density at radius 1 is 1.05 bits per heavy atom. The van der Waals surface area contributed by atoms with Crippen LogP contribution in [0.15, 0.2) is 12.2 Å². The Labute approximate surface area is 221 Å². The fourth-order valence-corrected chi connectivity index (χ4v) is 5.44. The van der Waals surface area contributed by atoms with E-state index in [0.29, 0.717) is 12.8 Å². The number of ketones is 2.